The molecule has 0 fully saturated rings. The Bertz CT molecular complexity index is 3740. The third-order valence-electron chi connectivity index (χ3n) is 15.4. The molecule has 33 heteroatoms. The smallest absolute Gasteiger partial charge is 0.408 e. The minimum atomic E-state index is -1.16. The number of ether oxygens (including phenoxy) is 7. The Morgan fingerprint density at radius 2 is 0.812 bits per heavy atom. The second-order valence-electron chi connectivity index (χ2n) is 27.4. The molecule has 0 unspecified atom stereocenters. The van der Waals surface area contributed by atoms with E-state index in [2.05, 4.69) is 108 Å². The summed E-state index contributed by atoms with van der Waals surface area (Å²) in [5, 5.41) is 31.6. The molecular formula is C79H114I3N11O16S3. The van der Waals surface area contributed by atoms with Gasteiger partial charge in [0.15, 0.2) is 6.04 Å². The molecule has 3 heterocycles. The summed E-state index contributed by atoms with van der Waals surface area (Å²) in [7, 11) is 5.99. The number of methoxy groups -OCH3 is 3. The molecule has 0 aliphatic carbocycles. The number of thiazole rings is 3. The Morgan fingerprint density at radius 1 is 0.482 bits per heavy atom. The first-order chi connectivity index (χ1) is 52.1. The maximum Gasteiger partial charge on any atom is 0.408 e. The largest absolute Gasteiger partial charge is 0.480 e. The fourth-order valence-electron chi connectivity index (χ4n) is 10.4. The lowest BCUT2D eigenvalue weighted by Crippen LogP contribution is -2.54. The highest BCUT2D eigenvalue weighted by Crippen LogP contribution is 2.22. The number of nitrogens with zero attached hydrogens (tertiary/aromatic N) is 4. The fraction of sp³-hybridized carbons (Fsp3) is 0.481. The second-order valence-corrected chi connectivity index (χ2v) is 30.2. The van der Waals surface area contributed by atoms with Crippen molar-refractivity contribution < 1.29 is 76.6 Å². The van der Waals surface area contributed by atoms with Gasteiger partial charge in [0, 0.05) is 113 Å². The van der Waals surface area contributed by atoms with Crippen molar-refractivity contribution in [2.45, 2.75) is 201 Å². The van der Waals surface area contributed by atoms with Crippen LogP contribution in [0.15, 0.2) is 150 Å². The molecule has 0 saturated carbocycles. The SMILES string of the molecule is C.C.COC[C@H](NC(=O)N(C)Cc1csc(C(C)C)n1)C(=O)N[C@H](CC[C@H](Cc1ccccc1)NC(=O)OCc1cncs1)Cc1ccccc1.COC[C@H](NC(=O)OC(C)(C)C)C(=O)N[C@H](CC[C@H](Cc1ccccc1)NC(=O)OCc1cncs1)Cc1ccccc1.COC[C@H](NC(=O)OC(C)(C)C)C(=O)O.I.II. The van der Waals surface area contributed by atoms with Gasteiger partial charge >= 0.3 is 36.4 Å². The van der Waals surface area contributed by atoms with Gasteiger partial charge in [0.25, 0.3) is 0 Å². The van der Waals surface area contributed by atoms with Crippen LogP contribution in [-0.2, 0) is 93.0 Å². The summed E-state index contributed by atoms with van der Waals surface area (Å²) in [6.45, 7) is 15.0. The Morgan fingerprint density at radius 3 is 1.12 bits per heavy atom. The van der Waals surface area contributed by atoms with E-state index in [1.165, 1.54) is 48.9 Å². The number of amides is 8. The number of aliphatic carboxylic acids is 1. The number of hydrogen-bond donors (Lipinski definition) is 8. The van der Waals surface area contributed by atoms with Crippen molar-refractivity contribution >= 4 is 143 Å². The lowest BCUT2D eigenvalue weighted by molar-refractivity contribution is -0.140. The highest BCUT2D eigenvalue weighted by Gasteiger charge is 2.30. The molecule has 0 aliphatic heterocycles. The molecule has 3 aromatic heterocycles. The highest BCUT2D eigenvalue weighted by molar-refractivity contribution is 15.0. The predicted octanol–water partition coefficient (Wildman–Crippen LogP) is 15.2. The molecule has 112 heavy (non-hydrogen) atoms. The monoisotopic (exact) mass is 1950 g/mol. The molecule has 0 radical (unpaired) electrons. The molecule has 0 saturated heterocycles. The number of hydrogen-bond acceptors (Lipinski definition) is 21. The van der Waals surface area contributed by atoms with Gasteiger partial charge in [-0.1, -0.05) is 150 Å². The molecule has 8 N–H and O–H groups in total. The van der Waals surface area contributed by atoms with Crippen molar-refractivity contribution in [3.63, 3.8) is 0 Å². The van der Waals surface area contributed by atoms with E-state index in [0.29, 0.717) is 63.8 Å². The van der Waals surface area contributed by atoms with Crippen molar-refractivity contribution in [3.05, 3.63) is 193 Å². The number of nitrogens with one attached hydrogen (secondary N) is 7. The normalized spacial score (nSPS) is 12.6. The van der Waals surface area contributed by atoms with Crippen LogP contribution < -0.4 is 37.2 Å². The summed E-state index contributed by atoms with van der Waals surface area (Å²) < 4.78 is 36.4. The van der Waals surface area contributed by atoms with E-state index in [-0.39, 0.29) is 108 Å². The van der Waals surface area contributed by atoms with Crippen LogP contribution in [0.2, 0.25) is 0 Å². The molecule has 7 rings (SSSR count). The number of benzene rings is 4. The van der Waals surface area contributed by atoms with Gasteiger partial charge in [-0.3, -0.25) is 19.6 Å². The van der Waals surface area contributed by atoms with Crippen LogP contribution in [-0.4, -0.2) is 175 Å². The average molecular weight is 1950 g/mol. The molecule has 0 bridgehead atoms. The maximum absolute atomic E-state index is 13.7. The van der Waals surface area contributed by atoms with Gasteiger partial charge in [-0.05, 0) is 115 Å². The highest BCUT2D eigenvalue weighted by atomic mass is 128. The summed E-state index contributed by atoms with van der Waals surface area (Å²) in [6.07, 6.45) is 5.41. The van der Waals surface area contributed by atoms with Crippen LogP contribution in [0.25, 0.3) is 0 Å². The third-order valence-corrected chi connectivity index (χ3v) is 18.1. The van der Waals surface area contributed by atoms with E-state index in [1.54, 1.807) is 83.3 Å². The molecule has 0 spiro atoms. The Kier molecular flexibility index (Phi) is 52.0. The third kappa shape index (κ3) is 44.3. The van der Waals surface area contributed by atoms with Crippen molar-refractivity contribution in [3.8, 4) is 0 Å². The standard InChI is InChI=1S/C36H46N6O5S2.C32H42N4O6S.C9H17NO5.2CH4.I2.HI/c1-25(2)34-39-30(23-48-34)20-42(3)35(44)41-32(22-46-4)33(43)38-28(17-26-11-7-5-8-12-26)15-16-29(18-27-13-9-6-10-14-27)40-36(45)47-21-31-19-37-24-49-31;1-32(2,3)42-31(39)36-28(21-40-4)29(37)34-25(17-23-11-7-5-8-12-23)15-16-26(18-24-13-9-6-10-14-24)35-30(38)41-20-27-19-33-22-43-27;1-9(2,3)15-8(13)10-6(5-14-4)7(11)12;;;1-2;/h5-14,19,23-25,28-29,32H,15-18,20-22H2,1-4H3,(H,38,43)(H,40,45)(H,41,44);5-14,19,22,25-26,28H,15-18,20-21H2,1-4H3,(H,34,37)(H,35,38)(H,36,39);6H,5H2,1-4H3,(H,10,13)(H,11,12);2*1H4;;1H/t28-,29-,32+;25-,26-,28+;6-;;;;/m110..../s1. The molecule has 7 aromatic rings. The summed E-state index contributed by atoms with van der Waals surface area (Å²) in [5.74, 6) is -1.59. The first kappa shape index (κ1) is 103. The van der Waals surface area contributed by atoms with Crippen molar-refractivity contribution in [1.29, 1.82) is 0 Å². The molecule has 620 valence electrons. The van der Waals surface area contributed by atoms with E-state index in [1.807, 2.05) is 127 Å². The minimum absolute atomic E-state index is 0. The van der Waals surface area contributed by atoms with Crippen molar-refractivity contribution in [1.82, 2.24) is 57.1 Å². The van der Waals surface area contributed by atoms with Gasteiger partial charge in [-0.15, -0.1) is 58.0 Å². The van der Waals surface area contributed by atoms with Gasteiger partial charge < -0.3 is 80.4 Å². The summed E-state index contributed by atoms with van der Waals surface area (Å²) >= 11 is 8.65. The first-order valence-electron chi connectivity index (χ1n) is 35.2. The van der Waals surface area contributed by atoms with E-state index in [4.69, 9.17) is 33.5 Å². The van der Waals surface area contributed by atoms with Gasteiger partial charge in [0.05, 0.1) is 57.8 Å². The lowest BCUT2D eigenvalue weighted by atomic mass is 9.96. The fourth-order valence-corrected chi connectivity index (χ4v) is 12.2. The number of alkyl carbamates (subject to hydrolysis) is 4. The summed E-state index contributed by atoms with van der Waals surface area (Å²) in [6, 6.07) is 35.1. The van der Waals surface area contributed by atoms with Crippen LogP contribution in [0.4, 0.5) is 24.0 Å². The number of halogens is 3. The van der Waals surface area contributed by atoms with Crippen LogP contribution in [0.5, 0.6) is 0 Å². The lowest BCUT2D eigenvalue weighted by Gasteiger charge is -2.27. The predicted molar refractivity (Wildman–Crippen MR) is 468 cm³/mol. The van der Waals surface area contributed by atoms with Crippen LogP contribution in [0.1, 0.15) is 145 Å². The van der Waals surface area contributed by atoms with Gasteiger partial charge in [-0.25, -0.2) is 33.8 Å². The van der Waals surface area contributed by atoms with E-state index in [0.717, 1.165) is 42.7 Å². The topological polar surface area (TPSA) is 348 Å². The molecule has 4 aromatic carbocycles. The summed E-state index contributed by atoms with van der Waals surface area (Å²) in [4.78, 5) is 116. The Balaban J connectivity index is 0.000000913. The summed E-state index contributed by atoms with van der Waals surface area (Å²) in [5.41, 5.74) is 7.07. The van der Waals surface area contributed by atoms with E-state index in [9.17, 15) is 38.4 Å². The molecule has 0 aliphatic rings. The minimum Gasteiger partial charge on any atom is -0.480 e. The number of rotatable bonds is 37. The van der Waals surface area contributed by atoms with E-state index >= 15 is 0 Å². The van der Waals surface area contributed by atoms with Crippen molar-refractivity contribution in [2.75, 3.05) is 48.2 Å². The zero-order valence-corrected chi connectivity index (χ0v) is 73.3. The number of carbonyl (C=O) groups excluding carboxylic acids is 7. The number of aromatic nitrogens is 3. The van der Waals surface area contributed by atoms with Gasteiger partial charge in [0.1, 0.15) is 36.5 Å². The van der Waals surface area contributed by atoms with Crippen LogP contribution in [0.3, 0.4) is 0 Å². The molecular weight excluding hydrogens is 1840 g/mol. The molecule has 8 amide bonds. The number of carboxylic acids is 1. The second kappa shape index (κ2) is 56.8. The number of carboxylic acid groups (broad SMARTS) is 1. The first-order valence-corrected chi connectivity index (χ1v) is 44.2. The number of carbonyl (C=O) groups is 8. The zero-order chi connectivity index (χ0) is 80.2. The zero-order valence-electron chi connectivity index (χ0n) is 64.2. The van der Waals surface area contributed by atoms with Crippen molar-refractivity contribution in [2.24, 2.45) is 0 Å². The average Bonchev–Trinajstić information content (AvgIpc) is 1.75. The number of urea groups is 1. The quantitative estimate of drug-likeness (QED) is 0.0132. The van der Waals surface area contributed by atoms with Gasteiger partial charge in [0.2, 0.25) is 11.8 Å². The maximum atomic E-state index is 13.7. The van der Waals surface area contributed by atoms with Gasteiger partial charge in [-0.2, -0.15) is 0 Å². The van der Waals surface area contributed by atoms with Crippen LogP contribution in [0, 0.1) is 0 Å². The Labute approximate surface area is 712 Å². The van der Waals surface area contributed by atoms with Crippen LogP contribution >= 0.6 is 95.2 Å². The molecule has 7 atom stereocenters. The Hall–Kier alpha value is -7.40. The van der Waals surface area contributed by atoms with E-state index < -0.39 is 65.7 Å². The molecule has 27 nitrogen and oxygen atoms in total.